The van der Waals surface area contributed by atoms with E-state index in [2.05, 4.69) is 4.72 Å². The van der Waals surface area contributed by atoms with Crippen LogP contribution < -0.4 is 4.72 Å². The highest BCUT2D eigenvalue weighted by Gasteiger charge is 2.20. The molecular weight excluding hydrogens is 270 g/mol. The van der Waals surface area contributed by atoms with Crippen LogP contribution in [-0.2, 0) is 14.8 Å². The second-order valence-electron chi connectivity index (χ2n) is 4.11. The van der Waals surface area contributed by atoms with Crippen LogP contribution in [-0.4, -0.2) is 39.8 Å². The molecule has 7 heteroatoms. The lowest BCUT2D eigenvalue weighted by molar-refractivity contribution is 0.0696. The molecule has 0 radical (unpaired) electrons. The van der Waals surface area contributed by atoms with E-state index in [0.29, 0.717) is 11.1 Å². The van der Waals surface area contributed by atoms with Crippen LogP contribution in [0.3, 0.4) is 0 Å². The van der Waals surface area contributed by atoms with Crippen molar-refractivity contribution in [2.45, 2.75) is 18.7 Å². The number of sulfonamides is 1. The normalized spacial score (nSPS) is 11.5. The number of carboxylic acid groups (broad SMARTS) is 1. The first-order valence-corrected chi connectivity index (χ1v) is 7.11. The van der Waals surface area contributed by atoms with Gasteiger partial charge in [0.05, 0.1) is 17.1 Å². The van der Waals surface area contributed by atoms with Gasteiger partial charge < -0.3 is 9.84 Å². The van der Waals surface area contributed by atoms with Gasteiger partial charge in [-0.1, -0.05) is 0 Å². The maximum absolute atomic E-state index is 12.1. The lowest BCUT2D eigenvalue weighted by Crippen LogP contribution is -2.28. The van der Waals surface area contributed by atoms with E-state index in [9.17, 15) is 13.2 Å². The molecule has 0 amide bonds. The van der Waals surface area contributed by atoms with Crippen molar-refractivity contribution in [2.75, 3.05) is 20.3 Å². The first kappa shape index (κ1) is 15.6. The highest BCUT2D eigenvalue weighted by molar-refractivity contribution is 7.89. The van der Waals surface area contributed by atoms with Crippen LogP contribution in [0.15, 0.2) is 17.0 Å². The molecule has 1 aromatic carbocycles. The fourth-order valence-electron chi connectivity index (χ4n) is 1.59. The predicted molar refractivity (Wildman–Crippen MR) is 69.9 cm³/mol. The van der Waals surface area contributed by atoms with Gasteiger partial charge in [-0.05, 0) is 37.1 Å². The molecule has 0 unspecified atom stereocenters. The Morgan fingerprint density at radius 3 is 2.53 bits per heavy atom. The first-order valence-electron chi connectivity index (χ1n) is 5.62. The van der Waals surface area contributed by atoms with E-state index in [4.69, 9.17) is 9.84 Å². The van der Waals surface area contributed by atoms with E-state index in [1.165, 1.54) is 19.2 Å². The van der Waals surface area contributed by atoms with E-state index in [1.54, 1.807) is 13.8 Å². The van der Waals surface area contributed by atoms with Crippen molar-refractivity contribution < 1.29 is 23.1 Å². The number of rotatable bonds is 6. The van der Waals surface area contributed by atoms with Gasteiger partial charge in [0.2, 0.25) is 10.0 Å². The average Bonchev–Trinajstić information content (AvgIpc) is 2.32. The molecule has 0 heterocycles. The van der Waals surface area contributed by atoms with Gasteiger partial charge in [-0.15, -0.1) is 0 Å². The minimum atomic E-state index is -3.74. The number of aromatic carboxylic acids is 1. The summed E-state index contributed by atoms with van der Waals surface area (Å²) in [6.07, 6.45) is 0. The zero-order valence-corrected chi connectivity index (χ0v) is 11.9. The minimum absolute atomic E-state index is 0.0130. The summed E-state index contributed by atoms with van der Waals surface area (Å²) < 4.78 is 31.3. The highest BCUT2D eigenvalue weighted by atomic mass is 32.2. The van der Waals surface area contributed by atoms with E-state index in [-0.39, 0.29) is 23.6 Å². The van der Waals surface area contributed by atoms with Gasteiger partial charge >= 0.3 is 5.97 Å². The average molecular weight is 287 g/mol. The lowest BCUT2D eigenvalue weighted by Gasteiger charge is -2.12. The zero-order valence-electron chi connectivity index (χ0n) is 11.1. The molecule has 0 aliphatic heterocycles. The molecule has 0 aliphatic rings. The zero-order chi connectivity index (χ0) is 14.6. The van der Waals surface area contributed by atoms with E-state index in [0.717, 1.165) is 0 Å². The largest absolute Gasteiger partial charge is 0.478 e. The Bertz CT molecular complexity index is 580. The molecule has 2 N–H and O–H groups in total. The van der Waals surface area contributed by atoms with E-state index in [1.807, 2.05) is 0 Å². The number of carboxylic acids is 1. The lowest BCUT2D eigenvalue weighted by atomic mass is 10.1. The van der Waals surface area contributed by atoms with Crippen LogP contribution in [0.4, 0.5) is 0 Å². The van der Waals surface area contributed by atoms with Gasteiger partial charge in [-0.2, -0.15) is 0 Å². The molecule has 0 aromatic heterocycles. The molecule has 0 aliphatic carbocycles. The monoisotopic (exact) mass is 287 g/mol. The number of carbonyl (C=O) groups is 1. The van der Waals surface area contributed by atoms with Crippen molar-refractivity contribution in [3.63, 3.8) is 0 Å². The summed E-state index contributed by atoms with van der Waals surface area (Å²) in [5, 5.41) is 8.97. The van der Waals surface area contributed by atoms with Gasteiger partial charge in [0.25, 0.3) is 0 Å². The Balaban J connectivity index is 3.21. The molecule has 0 bridgehead atoms. The molecule has 0 fully saturated rings. The van der Waals surface area contributed by atoms with Crippen molar-refractivity contribution >= 4 is 16.0 Å². The smallest absolute Gasteiger partial charge is 0.335 e. The van der Waals surface area contributed by atoms with Crippen LogP contribution in [0.2, 0.25) is 0 Å². The van der Waals surface area contributed by atoms with Gasteiger partial charge in [-0.25, -0.2) is 17.9 Å². The number of methoxy groups -OCH3 is 1. The number of nitrogens with one attached hydrogen (secondary N) is 1. The Labute approximate surface area is 112 Å². The van der Waals surface area contributed by atoms with Crippen molar-refractivity contribution in [1.82, 2.24) is 4.72 Å². The number of aryl methyl sites for hydroxylation is 1. The molecule has 1 aromatic rings. The molecule has 0 spiro atoms. The third-order valence-electron chi connectivity index (χ3n) is 2.75. The Kier molecular flexibility index (Phi) is 5.04. The number of hydrogen-bond donors (Lipinski definition) is 2. The van der Waals surface area contributed by atoms with Gasteiger partial charge in [-0.3, -0.25) is 0 Å². The fraction of sp³-hybridized carbons (Fsp3) is 0.417. The molecular formula is C12H17NO5S. The van der Waals surface area contributed by atoms with Gasteiger partial charge in [0.1, 0.15) is 0 Å². The van der Waals surface area contributed by atoms with Crippen LogP contribution in [0.5, 0.6) is 0 Å². The van der Waals surface area contributed by atoms with E-state index >= 15 is 0 Å². The van der Waals surface area contributed by atoms with Crippen molar-refractivity contribution in [3.8, 4) is 0 Å². The summed E-state index contributed by atoms with van der Waals surface area (Å²) >= 11 is 0. The second kappa shape index (κ2) is 6.14. The predicted octanol–water partition coefficient (Wildman–Crippen LogP) is 0.926. The summed E-state index contributed by atoms with van der Waals surface area (Å²) in [4.78, 5) is 11.0. The van der Waals surface area contributed by atoms with Crippen LogP contribution in [0, 0.1) is 13.8 Å². The number of hydrogen-bond acceptors (Lipinski definition) is 4. The molecule has 0 atom stereocenters. The van der Waals surface area contributed by atoms with Crippen molar-refractivity contribution in [2.24, 2.45) is 0 Å². The molecule has 6 nitrogen and oxygen atoms in total. The highest BCUT2D eigenvalue weighted by Crippen LogP contribution is 2.21. The fourth-order valence-corrected chi connectivity index (χ4v) is 2.94. The Morgan fingerprint density at radius 1 is 1.37 bits per heavy atom. The summed E-state index contributed by atoms with van der Waals surface area (Å²) in [6.45, 7) is 3.70. The summed E-state index contributed by atoms with van der Waals surface area (Å²) in [6, 6.07) is 2.62. The molecule has 19 heavy (non-hydrogen) atoms. The summed E-state index contributed by atoms with van der Waals surface area (Å²) in [7, 11) is -2.27. The number of benzene rings is 1. The van der Waals surface area contributed by atoms with E-state index < -0.39 is 16.0 Å². The summed E-state index contributed by atoms with van der Waals surface area (Å²) in [5.41, 5.74) is 1.11. The third-order valence-corrected chi connectivity index (χ3v) is 4.34. The van der Waals surface area contributed by atoms with Gasteiger partial charge in [0, 0.05) is 13.7 Å². The standard InChI is InChI=1S/C12H17NO5S/c1-8-6-10(12(14)15)7-11(9(8)2)19(16,17)13-4-5-18-3/h6-7,13H,4-5H2,1-3H3,(H,14,15). The Hall–Kier alpha value is -1.44. The molecule has 0 saturated heterocycles. The van der Waals surface area contributed by atoms with Crippen LogP contribution in [0.25, 0.3) is 0 Å². The first-order chi connectivity index (χ1) is 8.79. The molecule has 1 rings (SSSR count). The maximum Gasteiger partial charge on any atom is 0.335 e. The quantitative estimate of drug-likeness (QED) is 0.759. The summed E-state index contributed by atoms with van der Waals surface area (Å²) in [5.74, 6) is -1.16. The topological polar surface area (TPSA) is 92.7 Å². The number of ether oxygens (including phenoxy) is 1. The third kappa shape index (κ3) is 3.76. The van der Waals surface area contributed by atoms with Crippen LogP contribution >= 0.6 is 0 Å². The Morgan fingerprint density at radius 2 is 2.00 bits per heavy atom. The van der Waals surface area contributed by atoms with Gasteiger partial charge in [0.15, 0.2) is 0 Å². The van der Waals surface area contributed by atoms with Crippen molar-refractivity contribution in [3.05, 3.63) is 28.8 Å². The molecule has 0 saturated carbocycles. The maximum atomic E-state index is 12.1. The second-order valence-corrected chi connectivity index (χ2v) is 5.85. The van der Waals surface area contributed by atoms with Crippen molar-refractivity contribution in [1.29, 1.82) is 0 Å². The molecule has 106 valence electrons. The minimum Gasteiger partial charge on any atom is -0.478 e. The SMILES string of the molecule is COCCNS(=O)(=O)c1cc(C(=O)O)cc(C)c1C. The van der Waals surface area contributed by atoms with Crippen LogP contribution in [0.1, 0.15) is 21.5 Å².